The summed E-state index contributed by atoms with van der Waals surface area (Å²) in [5, 5.41) is 11.4. The van der Waals surface area contributed by atoms with Crippen LogP contribution in [-0.4, -0.2) is 27.8 Å². The summed E-state index contributed by atoms with van der Waals surface area (Å²) in [6.07, 6.45) is 2.67. The summed E-state index contributed by atoms with van der Waals surface area (Å²) in [6, 6.07) is 0.281. The van der Waals surface area contributed by atoms with Crippen LogP contribution in [-0.2, 0) is 12.8 Å². The highest BCUT2D eigenvalue weighted by molar-refractivity contribution is 5.26. The van der Waals surface area contributed by atoms with Crippen molar-refractivity contribution in [3.05, 3.63) is 11.4 Å². The van der Waals surface area contributed by atoms with Crippen LogP contribution in [0.15, 0.2) is 0 Å². The van der Waals surface area contributed by atoms with Crippen LogP contribution in [0.4, 0.5) is 5.95 Å². The fourth-order valence-corrected chi connectivity index (χ4v) is 1.54. The molecule has 5 heteroatoms. The highest BCUT2D eigenvalue weighted by Crippen LogP contribution is 2.08. The third kappa shape index (κ3) is 3.41. The number of hydrogen-bond donors (Lipinski definition) is 2. The number of anilines is 1. The fourth-order valence-electron chi connectivity index (χ4n) is 1.54. The summed E-state index contributed by atoms with van der Waals surface area (Å²) in [5.41, 5.74) is 7.50. The lowest BCUT2D eigenvalue weighted by Gasteiger charge is -2.13. The molecule has 0 saturated carbocycles. The maximum Gasteiger partial charge on any atom is 0.243 e. The van der Waals surface area contributed by atoms with Crippen molar-refractivity contribution in [3.8, 4) is 0 Å². The van der Waals surface area contributed by atoms with Gasteiger partial charge < -0.3 is 11.1 Å². The first-order valence-electron chi connectivity index (χ1n) is 5.90. The Bertz CT molecular complexity index is 326. The second-order valence-electron chi connectivity index (χ2n) is 3.86. The van der Waals surface area contributed by atoms with Gasteiger partial charge in [-0.05, 0) is 32.7 Å². The average Bonchev–Trinajstić information content (AvgIpc) is 2.29. The molecule has 0 aromatic carbocycles. The first-order valence-corrected chi connectivity index (χ1v) is 5.90. The summed E-state index contributed by atoms with van der Waals surface area (Å²) >= 11 is 0. The molecule has 0 bridgehead atoms. The average molecular weight is 223 g/mol. The van der Waals surface area contributed by atoms with E-state index in [0.29, 0.717) is 12.5 Å². The standard InChI is InChI=1S/C11H21N5/c1-4-9-10(5-2)15-16-11(14-9)13-8(3)6-7-12/h8H,4-7,12H2,1-3H3,(H,13,14,16). The minimum atomic E-state index is 0.281. The van der Waals surface area contributed by atoms with Crippen molar-refractivity contribution in [1.82, 2.24) is 15.2 Å². The molecule has 0 saturated heterocycles. The van der Waals surface area contributed by atoms with Crippen molar-refractivity contribution >= 4 is 5.95 Å². The van der Waals surface area contributed by atoms with E-state index in [1.807, 2.05) is 0 Å². The molecule has 90 valence electrons. The van der Waals surface area contributed by atoms with Crippen LogP contribution < -0.4 is 11.1 Å². The van der Waals surface area contributed by atoms with E-state index < -0.39 is 0 Å². The molecule has 1 aromatic rings. The summed E-state index contributed by atoms with van der Waals surface area (Å²) in [6.45, 7) is 6.87. The fraction of sp³-hybridized carbons (Fsp3) is 0.727. The van der Waals surface area contributed by atoms with Gasteiger partial charge in [0.2, 0.25) is 5.95 Å². The molecular weight excluding hydrogens is 202 g/mol. The summed E-state index contributed by atoms with van der Waals surface area (Å²) in [5.74, 6) is 0.606. The van der Waals surface area contributed by atoms with E-state index in [2.05, 4.69) is 41.3 Å². The van der Waals surface area contributed by atoms with Gasteiger partial charge in [-0.1, -0.05) is 13.8 Å². The second-order valence-corrected chi connectivity index (χ2v) is 3.86. The molecule has 1 aromatic heterocycles. The van der Waals surface area contributed by atoms with Gasteiger partial charge in [-0.2, -0.15) is 5.10 Å². The first-order chi connectivity index (χ1) is 7.71. The summed E-state index contributed by atoms with van der Waals surface area (Å²) < 4.78 is 0. The lowest BCUT2D eigenvalue weighted by atomic mass is 10.2. The van der Waals surface area contributed by atoms with Crippen molar-refractivity contribution in [2.75, 3.05) is 11.9 Å². The quantitative estimate of drug-likeness (QED) is 0.756. The van der Waals surface area contributed by atoms with Gasteiger partial charge in [0.1, 0.15) is 0 Å². The number of hydrogen-bond acceptors (Lipinski definition) is 5. The zero-order chi connectivity index (χ0) is 12.0. The van der Waals surface area contributed by atoms with Gasteiger partial charge in [0.05, 0.1) is 11.4 Å². The molecule has 1 heterocycles. The summed E-state index contributed by atoms with van der Waals surface area (Å²) in [4.78, 5) is 4.46. The number of rotatable bonds is 6. The Morgan fingerprint density at radius 3 is 2.44 bits per heavy atom. The van der Waals surface area contributed by atoms with E-state index in [1.165, 1.54) is 0 Å². The van der Waals surface area contributed by atoms with Crippen molar-refractivity contribution in [2.45, 2.75) is 46.1 Å². The Morgan fingerprint density at radius 2 is 1.88 bits per heavy atom. The van der Waals surface area contributed by atoms with Crippen LogP contribution in [0, 0.1) is 0 Å². The van der Waals surface area contributed by atoms with E-state index in [-0.39, 0.29) is 6.04 Å². The largest absolute Gasteiger partial charge is 0.350 e. The third-order valence-corrected chi connectivity index (χ3v) is 2.48. The topological polar surface area (TPSA) is 76.7 Å². The van der Waals surface area contributed by atoms with Crippen LogP contribution in [0.3, 0.4) is 0 Å². The second kappa shape index (κ2) is 6.37. The number of aryl methyl sites for hydroxylation is 2. The van der Waals surface area contributed by atoms with Gasteiger partial charge in [0, 0.05) is 6.04 Å². The monoisotopic (exact) mass is 223 g/mol. The third-order valence-electron chi connectivity index (χ3n) is 2.48. The molecule has 0 spiro atoms. The van der Waals surface area contributed by atoms with E-state index in [0.717, 1.165) is 30.7 Å². The lowest BCUT2D eigenvalue weighted by Crippen LogP contribution is -2.21. The highest BCUT2D eigenvalue weighted by Gasteiger charge is 2.07. The highest BCUT2D eigenvalue weighted by atomic mass is 15.2. The molecule has 0 aliphatic rings. The van der Waals surface area contributed by atoms with Crippen LogP contribution in [0.5, 0.6) is 0 Å². The minimum Gasteiger partial charge on any atom is -0.350 e. The first kappa shape index (κ1) is 12.8. The Labute approximate surface area is 96.9 Å². The SMILES string of the molecule is CCc1nnc(NC(C)CCN)nc1CC. The van der Waals surface area contributed by atoms with Crippen LogP contribution in [0.25, 0.3) is 0 Å². The molecule has 1 rings (SSSR count). The van der Waals surface area contributed by atoms with E-state index >= 15 is 0 Å². The summed E-state index contributed by atoms with van der Waals surface area (Å²) in [7, 11) is 0. The number of nitrogens with zero attached hydrogens (tertiary/aromatic N) is 3. The molecular formula is C11H21N5. The van der Waals surface area contributed by atoms with Gasteiger partial charge >= 0.3 is 0 Å². The zero-order valence-electron chi connectivity index (χ0n) is 10.3. The Hall–Kier alpha value is -1.23. The van der Waals surface area contributed by atoms with Crippen molar-refractivity contribution in [1.29, 1.82) is 0 Å². The van der Waals surface area contributed by atoms with Crippen molar-refractivity contribution in [3.63, 3.8) is 0 Å². The van der Waals surface area contributed by atoms with Gasteiger partial charge in [0.15, 0.2) is 0 Å². The lowest BCUT2D eigenvalue weighted by molar-refractivity contribution is 0.699. The van der Waals surface area contributed by atoms with Gasteiger partial charge in [-0.3, -0.25) is 0 Å². The maximum absolute atomic E-state index is 5.49. The molecule has 5 nitrogen and oxygen atoms in total. The maximum atomic E-state index is 5.49. The number of nitrogens with two attached hydrogens (primary N) is 1. The van der Waals surface area contributed by atoms with Gasteiger partial charge in [0.25, 0.3) is 0 Å². The van der Waals surface area contributed by atoms with Crippen LogP contribution in [0.1, 0.15) is 38.6 Å². The predicted octanol–water partition coefficient (Wildman–Crippen LogP) is 1.15. The van der Waals surface area contributed by atoms with E-state index in [1.54, 1.807) is 0 Å². The number of aromatic nitrogens is 3. The molecule has 0 radical (unpaired) electrons. The molecule has 0 fully saturated rings. The molecule has 16 heavy (non-hydrogen) atoms. The zero-order valence-corrected chi connectivity index (χ0v) is 10.3. The molecule has 1 atom stereocenters. The van der Waals surface area contributed by atoms with Crippen molar-refractivity contribution in [2.24, 2.45) is 5.73 Å². The van der Waals surface area contributed by atoms with Crippen LogP contribution in [0.2, 0.25) is 0 Å². The van der Waals surface area contributed by atoms with E-state index in [4.69, 9.17) is 5.73 Å². The molecule has 0 amide bonds. The predicted molar refractivity (Wildman–Crippen MR) is 65.3 cm³/mol. The Morgan fingerprint density at radius 1 is 1.19 bits per heavy atom. The molecule has 1 unspecified atom stereocenters. The van der Waals surface area contributed by atoms with Gasteiger partial charge in [-0.25, -0.2) is 4.98 Å². The molecule has 0 aliphatic heterocycles. The van der Waals surface area contributed by atoms with Crippen LogP contribution >= 0.6 is 0 Å². The van der Waals surface area contributed by atoms with E-state index in [9.17, 15) is 0 Å². The molecule has 0 aliphatic carbocycles. The number of nitrogens with one attached hydrogen (secondary N) is 1. The molecule has 3 N–H and O–H groups in total. The minimum absolute atomic E-state index is 0.281. The Balaban J connectivity index is 2.74. The normalized spacial score (nSPS) is 12.5. The van der Waals surface area contributed by atoms with Crippen molar-refractivity contribution < 1.29 is 0 Å². The Kier molecular flexibility index (Phi) is 5.11. The smallest absolute Gasteiger partial charge is 0.243 e. The van der Waals surface area contributed by atoms with Gasteiger partial charge in [-0.15, -0.1) is 5.10 Å².